The molecular formula is C16H23N3S. The van der Waals surface area contributed by atoms with Gasteiger partial charge in [-0.15, -0.1) is 0 Å². The number of hydrogen-bond donors (Lipinski definition) is 1. The van der Waals surface area contributed by atoms with Crippen molar-refractivity contribution in [3.63, 3.8) is 0 Å². The monoisotopic (exact) mass is 289 g/mol. The number of aromatic nitrogens is 2. The van der Waals surface area contributed by atoms with Crippen molar-refractivity contribution in [3.8, 4) is 0 Å². The van der Waals surface area contributed by atoms with Gasteiger partial charge in [0.15, 0.2) is 0 Å². The summed E-state index contributed by atoms with van der Waals surface area (Å²) in [5.74, 6) is 2.89. The molecule has 3 rings (SSSR count). The smallest absolute Gasteiger partial charge is 0.112 e. The number of hydrogen-bond acceptors (Lipinski definition) is 3. The quantitative estimate of drug-likeness (QED) is 0.868. The molecule has 1 aromatic carbocycles. The maximum absolute atomic E-state index is 5.90. The Morgan fingerprint density at radius 1 is 1.45 bits per heavy atom. The van der Waals surface area contributed by atoms with Gasteiger partial charge in [-0.3, -0.25) is 0 Å². The molecule has 3 nitrogen and oxygen atoms in total. The molecule has 0 saturated carbocycles. The summed E-state index contributed by atoms with van der Waals surface area (Å²) in [5.41, 5.74) is 8.93. The third kappa shape index (κ3) is 2.41. The summed E-state index contributed by atoms with van der Waals surface area (Å²) in [5, 5.41) is 0. The van der Waals surface area contributed by atoms with Crippen molar-refractivity contribution in [3.05, 3.63) is 24.0 Å². The van der Waals surface area contributed by atoms with Crippen LogP contribution in [0.4, 0.5) is 5.69 Å². The van der Waals surface area contributed by atoms with E-state index in [0.29, 0.717) is 10.7 Å². The van der Waals surface area contributed by atoms with Crippen molar-refractivity contribution in [1.82, 2.24) is 9.55 Å². The summed E-state index contributed by atoms with van der Waals surface area (Å²) in [7, 11) is 0. The molecule has 0 spiro atoms. The maximum atomic E-state index is 5.90. The molecule has 1 unspecified atom stereocenters. The first-order chi connectivity index (χ1) is 9.48. The van der Waals surface area contributed by atoms with Crippen LogP contribution in [0.1, 0.15) is 45.4 Å². The Bertz CT molecular complexity index is 624. The zero-order chi connectivity index (χ0) is 14.3. The Hall–Kier alpha value is -1.16. The number of imidazole rings is 1. The van der Waals surface area contributed by atoms with Gasteiger partial charge in [-0.2, -0.15) is 11.8 Å². The Morgan fingerprint density at radius 2 is 2.25 bits per heavy atom. The number of anilines is 1. The summed E-state index contributed by atoms with van der Waals surface area (Å²) >= 11 is 2.10. The average molecular weight is 289 g/mol. The molecule has 0 bridgehead atoms. The minimum atomic E-state index is 0.346. The van der Waals surface area contributed by atoms with E-state index < -0.39 is 0 Å². The van der Waals surface area contributed by atoms with Crippen molar-refractivity contribution in [1.29, 1.82) is 0 Å². The first kappa shape index (κ1) is 13.8. The molecule has 20 heavy (non-hydrogen) atoms. The fourth-order valence-electron chi connectivity index (χ4n) is 3.07. The maximum Gasteiger partial charge on any atom is 0.112 e. The minimum Gasteiger partial charge on any atom is -0.399 e. The summed E-state index contributed by atoms with van der Waals surface area (Å²) in [4.78, 5) is 4.82. The summed E-state index contributed by atoms with van der Waals surface area (Å²) < 4.78 is 2.76. The van der Waals surface area contributed by atoms with E-state index in [0.717, 1.165) is 17.7 Å². The second kappa shape index (κ2) is 4.99. The Labute approximate surface area is 124 Å². The van der Waals surface area contributed by atoms with Gasteiger partial charge in [0.1, 0.15) is 5.82 Å². The molecule has 2 N–H and O–H groups in total. The van der Waals surface area contributed by atoms with E-state index in [1.54, 1.807) is 0 Å². The molecule has 0 radical (unpaired) electrons. The topological polar surface area (TPSA) is 43.8 Å². The predicted molar refractivity (Wildman–Crippen MR) is 88.3 cm³/mol. The molecule has 1 saturated heterocycles. The number of nitrogens with two attached hydrogens (primary N) is 1. The SMILES string of the molecule is CC(C)c1nc2cc(N)ccc2n1CC1(C)CCCS1. The van der Waals surface area contributed by atoms with Gasteiger partial charge < -0.3 is 10.3 Å². The molecular weight excluding hydrogens is 266 g/mol. The van der Waals surface area contributed by atoms with Gasteiger partial charge in [0.2, 0.25) is 0 Å². The highest BCUT2D eigenvalue weighted by molar-refractivity contribution is 8.00. The Morgan fingerprint density at radius 3 is 2.90 bits per heavy atom. The van der Waals surface area contributed by atoms with Crippen molar-refractivity contribution in [2.75, 3.05) is 11.5 Å². The molecule has 2 heterocycles. The van der Waals surface area contributed by atoms with Gasteiger partial charge in [-0.25, -0.2) is 4.98 Å². The Balaban J connectivity index is 2.09. The highest BCUT2D eigenvalue weighted by atomic mass is 32.2. The van der Waals surface area contributed by atoms with Crippen LogP contribution >= 0.6 is 11.8 Å². The van der Waals surface area contributed by atoms with Crippen molar-refractivity contribution >= 4 is 28.5 Å². The second-order valence-corrected chi connectivity index (χ2v) is 8.04. The third-order valence-electron chi connectivity index (χ3n) is 4.11. The Kier molecular flexibility index (Phi) is 3.44. The first-order valence-electron chi connectivity index (χ1n) is 7.38. The normalized spacial score (nSPS) is 23.0. The van der Waals surface area contributed by atoms with E-state index in [2.05, 4.69) is 43.2 Å². The van der Waals surface area contributed by atoms with E-state index in [9.17, 15) is 0 Å². The van der Waals surface area contributed by atoms with Crippen molar-refractivity contribution < 1.29 is 0 Å². The molecule has 108 valence electrons. The van der Waals surface area contributed by atoms with E-state index >= 15 is 0 Å². The van der Waals surface area contributed by atoms with Crippen LogP contribution in [0.3, 0.4) is 0 Å². The van der Waals surface area contributed by atoms with Gasteiger partial charge in [0, 0.05) is 22.9 Å². The molecule has 4 heteroatoms. The number of benzene rings is 1. The molecule has 0 amide bonds. The standard InChI is InChI=1S/C16H23N3S/c1-11(2)15-18-13-9-12(17)5-6-14(13)19(15)10-16(3)7-4-8-20-16/h5-6,9,11H,4,7-8,10,17H2,1-3H3. The third-order valence-corrected chi connectivity index (χ3v) is 5.63. The van der Waals surface area contributed by atoms with Crippen molar-refractivity contribution in [2.45, 2.75) is 50.8 Å². The van der Waals surface area contributed by atoms with Gasteiger partial charge in [-0.05, 0) is 43.7 Å². The lowest BCUT2D eigenvalue weighted by atomic mass is 10.1. The number of rotatable bonds is 3. The molecule has 1 aliphatic rings. The van der Waals surface area contributed by atoms with Crippen LogP contribution in [0.25, 0.3) is 11.0 Å². The number of fused-ring (bicyclic) bond motifs is 1. The lowest BCUT2D eigenvalue weighted by Crippen LogP contribution is -2.25. The van der Waals surface area contributed by atoms with Gasteiger partial charge in [0.05, 0.1) is 11.0 Å². The van der Waals surface area contributed by atoms with Crippen LogP contribution < -0.4 is 5.73 Å². The van der Waals surface area contributed by atoms with E-state index in [-0.39, 0.29) is 0 Å². The molecule has 1 fully saturated rings. The van der Waals surface area contributed by atoms with Crippen LogP contribution in [-0.2, 0) is 6.54 Å². The van der Waals surface area contributed by atoms with Crippen LogP contribution in [0.2, 0.25) is 0 Å². The molecule has 1 aromatic heterocycles. The van der Waals surface area contributed by atoms with Crippen LogP contribution in [-0.4, -0.2) is 20.1 Å². The highest BCUT2D eigenvalue weighted by Crippen LogP contribution is 2.40. The summed E-state index contributed by atoms with van der Waals surface area (Å²) in [6, 6.07) is 6.09. The fourth-order valence-corrected chi connectivity index (χ4v) is 4.36. The molecule has 0 aliphatic carbocycles. The fraction of sp³-hybridized carbons (Fsp3) is 0.562. The largest absolute Gasteiger partial charge is 0.399 e. The van der Waals surface area contributed by atoms with Crippen LogP contribution in [0.15, 0.2) is 18.2 Å². The second-order valence-electron chi connectivity index (χ2n) is 6.36. The summed E-state index contributed by atoms with van der Waals surface area (Å²) in [6.45, 7) is 7.86. The van der Waals surface area contributed by atoms with Crippen molar-refractivity contribution in [2.24, 2.45) is 0 Å². The molecule has 1 atom stereocenters. The molecule has 2 aromatic rings. The first-order valence-corrected chi connectivity index (χ1v) is 8.37. The van der Waals surface area contributed by atoms with E-state index in [4.69, 9.17) is 10.7 Å². The average Bonchev–Trinajstić information content (AvgIpc) is 2.94. The lowest BCUT2D eigenvalue weighted by molar-refractivity contribution is 0.498. The lowest BCUT2D eigenvalue weighted by Gasteiger charge is -2.25. The highest BCUT2D eigenvalue weighted by Gasteiger charge is 2.31. The van der Waals surface area contributed by atoms with E-state index in [1.807, 2.05) is 12.1 Å². The predicted octanol–water partition coefficient (Wildman–Crippen LogP) is 4.03. The number of thioether (sulfide) groups is 1. The zero-order valence-electron chi connectivity index (χ0n) is 12.5. The minimum absolute atomic E-state index is 0.346. The molecule has 1 aliphatic heterocycles. The van der Waals surface area contributed by atoms with Gasteiger partial charge in [-0.1, -0.05) is 13.8 Å². The zero-order valence-corrected chi connectivity index (χ0v) is 13.3. The van der Waals surface area contributed by atoms with E-state index in [1.165, 1.54) is 29.9 Å². The van der Waals surface area contributed by atoms with Crippen LogP contribution in [0.5, 0.6) is 0 Å². The summed E-state index contributed by atoms with van der Waals surface area (Å²) in [6.07, 6.45) is 2.63. The van der Waals surface area contributed by atoms with Gasteiger partial charge >= 0.3 is 0 Å². The van der Waals surface area contributed by atoms with Gasteiger partial charge in [0.25, 0.3) is 0 Å². The van der Waals surface area contributed by atoms with Crippen LogP contribution in [0, 0.1) is 0 Å². The number of nitrogen functional groups attached to an aromatic ring is 1. The number of nitrogens with zero attached hydrogens (tertiary/aromatic N) is 2.